The first-order valence-electron chi connectivity index (χ1n) is 6.69. The molecule has 2 aliphatic heterocycles. The van der Waals surface area contributed by atoms with Gasteiger partial charge in [0.1, 0.15) is 0 Å². The summed E-state index contributed by atoms with van der Waals surface area (Å²) in [6.45, 7) is 4.52. The first kappa shape index (κ1) is 12.9. The molecule has 1 unspecified atom stereocenters. The zero-order chi connectivity index (χ0) is 13.5. The van der Waals surface area contributed by atoms with Crippen LogP contribution in [0.4, 0.5) is 5.69 Å². The second-order valence-electron chi connectivity index (χ2n) is 5.13. The lowest BCUT2D eigenvalue weighted by Gasteiger charge is -2.33. The molecule has 5 nitrogen and oxygen atoms in total. The quantitative estimate of drug-likeness (QED) is 0.863. The highest BCUT2D eigenvalue weighted by molar-refractivity contribution is 7.90. The lowest BCUT2D eigenvalue weighted by molar-refractivity contribution is 0.357. The van der Waals surface area contributed by atoms with Crippen LogP contribution in [0.5, 0.6) is 0 Å². The Kier molecular flexibility index (Phi) is 3.24. The minimum Gasteiger partial charge on any atom is -0.314 e. The fourth-order valence-electron chi connectivity index (χ4n) is 2.89. The van der Waals surface area contributed by atoms with E-state index in [2.05, 4.69) is 5.32 Å². The third kappa shape index (κ3) is 2.13. The van der Waals surface area contributed by atoms with Crippen LogP contribution < -0.4 is 9.62 Å². The van der Waals surface area contributed by atoms with Crippen LogP contribution in [-0.4, -0.2) is 44.9 Å². The van der Waals surface area contributed by atoms with Gasteiger partial charge in [0.05, 0.1) is 5.69 Å². The SMILES string of the molecule is CC1Cc2ccccc2N1S(=O)(=O)N1CCNCC1. The Balaban J connectivity index is 1.97. The normalized spacial score (nSPS) is 24.5. The zero-order valence-electron chi connectivity index (χ0n) is 11.0. The highest BCUT2D eigenvalue weighted by atomic mass is 32.2. The zero-order valence-corrected chi connectivity index (χ0v) is 11.9. The van der Waals surface area contributed by atoms with Gasteiger partial charge in [-0.3, -0.25) is 4.31 Å². The molecule has 3 rings (SSSR count). The average molecular weight is 281 g/mol. The van der Waals surface area contributed by atoms with Gasteiger partial charge >= 0.3 is 10.2 Å². The second kappa shape index (κ2) is 4.77. The molecule has 1 N–H and O–H groups in total. The standard InChI is InChI=1S/C13H19N3O2S/c1-11-10-12-4-2-3-5-13(12)16(11)19(17,18)15-8-6-14-7-9-15/h2-5,11,14H,6-10H2,1H3. The van der Waals surface area contributed by atoms with E-state index in [1.165, 1.54) is 0 Å². The molecule has 0 saturated carbocycles. The number of anilines is 1. The number of rotatable bonds is 2. The average Bonchev–Trinajstić information content (AvgIpc) is 2.76. The number of para-hydroxylation sites is 1. The summed E-state index contributed by atoms with van der Waals surface area (Å²) in [6, 6.07) is 7.78. The lowest BCUT2D eigenvalue weighted by Crippen LogP contribution is -2.53. The molecule has 0 spiro atoms. The van der Waals surface area contributed by atoms with Gasteiger partial charge in [0, 0.05) is 32.2 Å². The van der Waals surface area contributed by atoms with Crippen LogP contribution >= 0.6 is 0 Å². The monoisotopic (exact) mass is 281 g/mol. The molecule has 0 amide bonds. The predicted molar refractivity (Wildman–Crippen MR) is 75.4 cm³/mol. The topological polar surface area (TPSA) is 52.7 Å². The Bertz CT molecular complexity index is 567. The van der Waals surface area contributed by atoms with E-state index < -0.39 is 10.2 Å². The summed E-state index contributed by atoms with van der Waals surface area (Å²) in [5, 5.41) is 3.18. The van der Waals surface area contributed by atoms with Crippen molar-refractivity contribution < 1.29 is 8.42 Å². The van der Waals surface area contributed by atoms with E-state index >= 15 is 0 Å². The van der Waals surface area contributed by atoms with Crippen molar-refractivity contribution in [3.05, 3.63) is 29.8 Å². The van der Waals surface area contributed by atoms with Crippen LogP contribution in [0, 0.1) is 0 Å². The van der Waals surface area contributed by atoms with E-state index in [0.29, 0.717) is 13.1 Å². The van der Waals surface area contributed by atoms with Crippen molar-refractivity contribution in [2.24, 2.45) is 0 Å². The van der Waals surface area contributed by atoms with E-state index in [9.17, 15) is 8.42 Å². The van der Waals surface area contributed by atoms with E-state index in [4.69, 9.17) is 0 Å². The summed E-state index contributed by atoms with van der Waals surface area (Å²) < 4.78 is 28.7. The Labute approximate surface area is 114 Å². The molecular weight excluding hydrogens is 262 g/mol. The molecule has 2 aliphatic rings. The fourth-order valence-corrected chi connectivity index (χ4v) is 4.74. The molecular formula is C13H19N3O2S. The number of fused-ring (bicyclic) bond motifs is 1. The molecule has 2 heterocycles. The van der Waals surface area contributed by atoms with Crippen molar-refractivity contribution in [2.75, 3.05) is 30.5 Å². The van der Waals surface area contributed by atoms with Gasteiger partial charge in [-0.25, -0.2) is 0 Å². The maximum absolute atomic E-state index is 12.8. The first-order chi connectivity index (χ1) is 9.10. The lowest BCUT2D eigenvalue weighted by atomic mass is 10.1. The van der Waals surface area contributed by atoms with Gasteiger partial charge in [-0.05, 0) is 25.0 Å². The molecule has 0 aromatic heterocycles. The molecule has 1 aromatic carbocycles. The summed E-state index contributed by atoms with van der Waals surface area (Å²) >= 11 is 0. The van der Waals surface area contributed by atoms with Crippen molar-refractivity contribution in [1.82, 2.24) is 9.62 Å². The molecule has 0 aliphatic carbocycles. The largest absolute Gasteiger partial charge is 0.314 e. The molecule has 1 fully saturated rings. The summed E-state index contributed by atoms with van der Waals surface area (Å²) in [5.41, 5.74) is 1.96. The number of hydrogen-bond donors (Lipinski definition) is 1. The summed E-state index contributed by atoms with van der Waals surface area (Å²) in [5.74, 6) is 0. The Morgan fingerprint density at radius 1 is 1.21 bits per heavy atom. The minimum atomic E-state index is -3.40. The summed E-state index contributed by atoms with van der Waals surface area (Å²) in [6.07, 6.45) is 0.793. The van der Waals surface area contributed by atoms with Crippen molar-refractivity contribution in [3.8, 4) is 0 Å². The van der Waals surface area contributed by atoms with Gasteiger partial charge in [0.25, 0.3) is 0 Å². The van der Waals surface area contributed by atoms with Crippen LogP contribution in [0.3, 0.4) is 0 Å². The fraction of sp³-hybridized carbons (Fsp3) is 0.538. The summed E-state index contributed by atoms with van der Waals surface area (Å²) in [7, 11) is -3.40. The van der Waals surface area contributed by atoms with Gasteiger partial charge in [-0.1, -0.05) is 18.2 Å². The van der Waals surface area contributed by atoms with Crippen LogP contribution in [0.15, 0.2) is 24.3 Å². The molecule has 104 valence electrons. The minimum absolute atomic E-state index is 0.00251. The molecule has 0 bridgehead atoms. The van der Waals surface area contributed by atoms with Crippen molar-refractivity contribution in [3.63, 3.8) is 0 Å². The molecule has 1 atom stereocenters. The van der Waals surface area contributed by atoms with Crippen LogP contribution in [0.1, 0.15) is 12.5 Å². The van der Waals surface area contributed by atoms with Crippen molar-refractivity contribution in [1.29, 1.82) is 0 Å². The van der Waals surface area contributed by atoms with Gasteiger partial charge < -0.3 is 5.32 Å². The van der Waals surface area contributed by atoms with E-state index in [1.54, 1.807) is 8.61 Å². The number of hydrogen-bond acceptors (Lipinski definition) is 3. The molecule has 0 radical (unpaired) electrons. The maximum Gasteiger partial charge on any atom is 0.304 e. The van der Waals surface area contributed by atoms with Crippen molar-refractivity contribution >= 4 is 15.9 Å². The number of piperazine rings is 1. The Hall–Kier alpha value is -1.11. The highest BCUT2D eigenvalue weighted by Gasteiger charge is 2.38. The third-order valence-electron chi connectivity index (χ3n) is 3.80. The summed E-state index contributed by atoms with van der Waals surface area (Å²) in [4.78, 5) is 0. The molecule has 19 heavy (non-hydrogen) atoms. The van der Waals surface area contributed by atoms with E-state index in [1.807, 2.05) is 31.2 Å². The van der Waals surface area contributed by atoms with Gasteiger partial charge in [-0.2, -0.15) is 12.7 Å². The van der Waals surface area contributed by atoms with Gasteiger partial charge in [-0.15, -0.1) is 0 Å². The predicted octanol–water partition coefficient (Wildman–Crippen LogP) is 0.588. The second-order valence-corrected chi connectivity index (χ2v) is 6.94. The number of nitrogens with one attached hydrogen (secondary N) is 1. The Morgan fingerprint density at radius 2 is 1.89 bits per heavy atom. The maximum atomic E-state index is 12.8. The Morgan fingerprint density at radius 3 is 2.63 bits per heavy atom. The molecule has 1 saturated heterocycles. The first-order valence-corrected chi connectivity index (χ1v) is 8.08. The third-order valence-corrected chi connectivity index (χ3v) is 5.87. The van der Waals surface area contributed by atoms with Crippen LogP contribution in [-0.2, 0) is 16.6 Å². The number of nitrogens with zero attached hydrogens (tertiary/aromatic N) is 2. The van der Waals surface area contributed by atoms with Gasteiger partial charge in [0.15, 0.2) is 0 Å². The highest BCUT2D eigenvalue weighted by Crippen LogP contribution is 2.35. The van der Waals surface area contributed by atoms with Crippen LogP contribution in [0.2, 0.25) is 0 Å². The molecule has 1 aromatic rings. The smallest absolute Gasteiger partial charge is 0.304 e. The van der Waals surface area contributed by atoms with Crippen molar-refractivity contribution in [2.45, 2.75) is 19.4 Å². The van der Waals surface area contributed by atoms with Gasteiger partial charge in [0.2, 0.25) is 0 Å². The van der Waals surface area contributed by atoms with E-state index in [0.717, 1.165) is 30.8 Å². The van der Waals surface area contributed by atoms with Crippen LogP contribution in [0.25, 0.3) is 0 Å². The number of benzene rings is 1. The van der Waals surface area contributed by atoms with E-state index in [-0.39, 0.29) is 6.04 Å². The molecule has 6 heteroatoms.